The van der Waals surface area contributed by atoms with Crippen LogP contribution < -0.4 is 10.6 Å². The van der Waals surface area contributed by atoms with Gasteiger partial charge in [-0.15, -0.1) is 0 Å². The predicted octanol–water partition coefficient (Wildman–Crippen LogP) is 1.58. The maximum Gasteiger partial charge on any atom is 0.323 e. The summed E-state index contributed by atoms with van der Waals surface area (Å²) < 4.78 is 5.41. The maximum atomic E-state index is 12.4. The number of amides is 1. The van der Waals surface area contributed by atoms with Gasteiger partial charge in [-0.3, -0.25) is 9.59 Å². The minimum atomic E-state index is -0.655. The third-order valence-electron chi connectivity index (χ3n) is 4.02. The number of esters is 1. The van der Waals surface area contributed by atoms with Gasteiger partial charge in [0.2, 0.25) is 5.91 Å². The molecule has 2 heterocycles. The number of nitrogens with one attached hydrogen (secondary N) is 2. The molecule has 0 bridgehead atoms. The minimum Gasteiger partial charge on any atom is -0.459 e. The summed E-state index contributed by atoms with van der Waals surface area (Å²) in [6.07, 6.45) is 0.435. The second-order valence-electron chi connectivity index (χ2n) is 6.75. The van der Waals surface area contributed by atoms with Gasteiger partial charge in [-0.2, -0.15) is 0 Å². The van der Waals surface area contributed by atoms with Crippen molar-refractivity contribution in [3.05, 3.63) is 29.8 Å². The predicted molar refractivity (Wildman–Crippen MR) is 79.0 cm³/mol. The second-order valence-corrected chi connectivity index (χ2v) is 6.75. The molecule has 0 aliphatic carbocycles. The highest BCUT2D eigenvalue weighted by Gasteiger charge is 2.53. The van der Waals surface area contributed by atoms with Crippen LogP contribution in [0.3, 0.4) is 0 Å². The number of benzene rings is 1. The molecule has 0 unspecified atom stereocenters. The molecule has 0 radical (unpaired) electrons. The van der Waals surface area contributed by atoms with Crippen molar-refractivity contribution in [1.82, 2.24) is 5.32 Å². The standard InChI is InChI=1S/C16H20N2O3/c1-15(2,3)21-13(19)12-8-16(9-17-12)10-6-4-5-7-11(10)18-14(16)20/h4-7,12,17H,8-9H2,1-3H3,(H,18,20)/t12-,16-/m0/s1. The summed E-state index contributed by atoms with van der Waals surface area (Å²) in [6, 6.07) is 7.21. The van der Waals surface area contributed by atoms with Crippen LogP contribution in [0.15, 0.2) is 24.3 Å². The van der Waals surface area contributed by atoms with E-state index >= 15 is 0 Å². The first-order valence-corrected chi connectivity index (χ1v) is 7.19. The lowest BCUT2D eigenvalue weighted by molar-refractivity contribution is -0.157. The molecule has 3 rings (SSSR count). The van der Waals surface area contributed by atoms with Gasteiger partial charge in [0.25, 0.3) is 0 Å². The Bertz CT molecular complexity index is 606. The summed E-state index contributed by atoms with van der Waals surface area (Å²) in [6.45, 7) is 5.98. The molecule has 1 aromatic rings. The highest BCUT2D eigenvalue weighted by molar-refractivity contribution is 6.07. The van der Waals surface area contributed by atoms with Gasteiger partial charge >= 0.3 is 5.97 Å². The molecule has 1 spiro atoms. The number of anilines is 1. The zero-order valence-corrected chi connectivity index (χ0v) is 12.5. The molecule has 1 aromatic carbocycles. The Morgan fingerprint density at radius 3 is 2.76 bits per heavy atom. The number of carbonyl (C=O) groups excluding carboxylic acids is 2. The summed E-state index contributed by atoms with van der Waals surface area (Å²) in [5, 5.41) is 6.05. The number of fused-ring (bicyclic) bond motifs is 2. The van der Waals surface area contributed by atoms with E-state index in [9.17, 15) is 9.59 Å². The van der Waals surface area contributed by atoms with Gasteiger partial charge in [0, 0.05) is 12.2 Å². The van der Waals surface area contributed by atoms with Gasteiger partial charge in [-0.25, -0.2) is 0 Å². The van der Waals surface area contributed by atoms with E-state index in [1.807, 2.05) is 45.0 Å². The smallest absolute Gasteiger partial charge is 0.323 e. The fourth-order valence-electron chi connectivity index (χ4n) is 3.08. The highest BCUT2D eigenvalue weighted by atomic mass is 16.6. The lowest BCUT2D eigenvalue weighted by atomic mass is 9.79. The van der Waals surface area contributed by atoms with E-state index in [0.717, 1.165) is 11.3 Å². The van der Waals surface area contributed by atoms with E-state index in [1.165, 1.54) is 0 Å². The van der Waals surface area contributed by atoms with Crippen molar-refractivity contribution in [1.29, 1.82) is 0 Å². The molecule has 112 valence electrons. The van der Waals surface area contributed by atoms with Crippen molar-refractivity contribution >= 4 is 17.6 Å². The molecule has 1 fully saturated rings. The van der Waals surface area contributed by atoms with E-state index in [2.05, 4.69) is 10.6 Å². The lowest BCUT2D eigenvalue weighted by Crippen LogP contribution is -2.37. The molecule has 21 heavy (non-hydrogen) atoms. The number of hydrogen-bond acceptors (Lipinski definition) is 4. The second kappa shape index (κ2) is 4.56. The Balaban J connectivity index is 1.84. The zero-order chi connectivity index (χ0) is 15.3. The van der Waals surface area contributed by atoms with Crippen LogP contribution in [-0.2, 0) is 19.7 Å². The van der Waals surface area contributed by atoms with Gasteiger partial charge in [-0.1, -0.05) is 18.2 Å². The molecule has 1 amide bonds. The van der Waals surface area contributed by atoms with Crippen molar-refractivity contribution in [2.75, 3.05) is 11.9 Å². The molecule has 2 aliphatic heterocycles. The average Bonchev–Trinajstić information content (AvgIpc) is 2.93. The Morgan fingerprint density at radius 2 is 2.05 bits per heavy atom. The fraction of sp³-hybridized carbons (Fsp3) is 0.500. The Labute approximate surface area is 124 Å². The molecular formula is C16H20N2O3. The number of carbonyl (C=O) groups is 2. The molecule has 0 saturated carbocycles. The van der Waals surface area contributed by atoms with E-state index < -0.39 is 17.1 Å². The van der Waals surface area contributed by atoms with Crippen molar-refractivity contribution in [3.8, 4) is 0 Å². The van der Waals surface area contributed by atoms with Crippen LogP contribution in [0.1, 0.15) is 32.8 Å². The largest absolute Gasteiger partial charge is 0.459 e. The summed E-state index contributed by atoms with van der Waals surface area (Å²) in [5.74, 6) is -0.334. The van der Waals surface area contributed by atoms with Crippen LogP contribution in [0, 0.1) is 0 Å². The topological polar surface area (TPSA) is 67.4 Å². The average molecular weight is 288 g/mol. The maximum absolute atomic E-state index is 12.4. The molecule has 1 saturated heterocycles. The van der Waals surface area contributed by atoms with Crippen molar-refractivity contribution in [2.45, 2.75) is 44.2 Å². The van der Waals surface area contributed by atoms with Gasteiger partial charge < -0.3 is 15.4 Å². The third-order valence-corrected chi connectivity index (χ3v) is 4.02. The molecule has 0 aromatic heterocycles. The minimum absolute atomic E-state index is 0.0396. The van der Waals surface area contributed by atoms with Crippen LogP contribution in [0.4, 0.5) is 5.69 Å². The molecule has 5 nitrogen and oxygen atoms in total. The van der Waals surface area contributed by atoms with E-state index in [4.69, 9.17) is 4.74 Å². The summed E-state index contributed by atoms with van der Waals surface area (Å²) in [7, 11) is 0. The monoisotopic (exact) mass is 288 g/mol. The van der Waals surface area contributed by atoms with Crippen LogP contribution in [-0.4, -0.2) is 30.1 Å². The Hall–Kier alpha value is -1.88. The number of rotatable bonds is 1. The number of ether oxygens (including phenoxy) is 1. The van der Waals surface area contributed by atoms with Gasteiger partial charge in [0.05, 0.1) is 5.41 Å². The first kappa shape index (κ1) is 14.1. The van der Waals surface area contributed by atoms with Crippen molar-refractivity contribution < 1.29 is 14.3 Å². The lowest BCUT2D eigenvalue weighted by Gasteiger charge is -2.23. The molecule has 2 atom stereocenters. The van der Waals surface area contributed by atoms with Crippen LogP contribution in [0.25, 0.3) is 0 Å². The molecular weight excluding hydrogens is 268 g/mol. The SMILES string of the molecule is CC(C)(C)OC(=O)[C@@H]1C[C@@]2(CN1)C(=O)Nc1ccccc12. The van der Waals surface area contributed by atoms with Gasteiger partial charge in [-0.05, 0) is 38.8 Å². The molecule has 2 N–H and O–H groups in total. The zero-order valence-electron chi connectivity index (χ0n) is 12.5. The van der Waals surface area contributed by atoms with Crippen LogP contribution in [0.5, 0.6) is 0 Å². The van der Waals surface area contributed by atoms with Crippen LogP contribution in [0.2, 0.25) is 0 Å². The molecule has 2 aliphatic rings. The van der Waals surface area contributed by atoms with Gasteiger partial charge in [0.15, 0.2) is 0 Å². The van der Waals surface area contributed by atoms with E-state index in [-0.39, 0.29) is 11.9 Å². The van der Waals surface area contributed by atoms with Crippen molar-refractivity contribution in [2.24, 2.45) is 0 Å². The first-order valence-electron chi connectivity index (χ1n) is 7.19. The Morgan fingerprint density at radius 1 is 1.33 bits per heavy atom. The molecule has 5 heteroatoms. The van der Waals surface area contributed by atoms with E-state index in [0.29, 0.717) is 13.0 Å². The highest BCUT2D eigenvalue weighted by Crippen LogP contribution is 2.43. The quantitative estimate of drug-likeness (QED) is 0.770. The number of hydrogen-bond donors (Lipinski definition) is 2. The van der Waals surface area contributed by atoms with Crippen LogP contribution >= 0.6 is 0 Å². The summed E-state index contributed by atoms with van der Waals surface area (Å²) >= 11 is 0. The normalized spacial score (nSPS) is 27.6. The Kier molecular flexibility index (Phi) is 3.06. The summed E-state index contributed by atoms with van der Waals surface area (Å²) in [4.78, 5) is 24.6. The van der Waals surface area contributed by atoms with Gasteiger partial charge in [0.1, 0.15) is 11.6 Å². The number of para-hydroxylation sites is 1. The van der Waals surface area contributed by atoms with E-state index in [1.54, 1.807) is 0 Å². The third kappa shape index (κ3) is 2.31. The fourth-order valence-corrected chi connectivity index (χ4v) is 3.08. The summed E-state index contributed by atoms with van der Waals surface area (Å²) in [5.41, 5.74) is 0.630. The van der Waals surface area contributed by atoms with Crippen molar-refractivity contribution in [3.63, 3.8) is 0 Å². The first-order chi connectivity index (χ1) is 9.82.